The zero-order valence-corrected chi connectivity index (χ0v) is 13.3. The van der Waals surface area contributed by atoms with Crippen LogP contribution in [0.4, 0.5) is 5.69 Å². The number of carbonyl (C=O) groups is 1. The van der Waals surface area contributed by atoms with Crippen LogP contribution >= 0.6 is 12.4 Å². The second kappa shape index (κ2) is 9.08. The van der Waals surface area contributed by atoms with E-state index < -0.39 is 0 Å². The number of benzene rings is 1. The molecule has 1 heterocycles. The van der Waals surface area contributed by atoms with E-state index in [4.69, 9.17) is 4.74 Å². The van der Waals surface area contributed by atoms with E-state index in [9.17, 15) is 4.79 Å². The van der Waals surface area contributed by atoms with Gasteiger partial charge in [0, 0.05) is 19.3 Å². The number of nitrogens with one attached hydrogen (secondary N) is 2. The highest BCUT2D eigenvalue weighted by Crippen LogP contribution is 2.14. The lowest BCUT2D eigenvalue weighted by atomic mass is 10.2. The third kappa shape index (κ3) is 5.06. The number of methoxy groups -OCH3 is 1. The molecule has 2 rings (SSSR count). The normalized spacial score (nSPS) is 10.1. The van der Waals surface area contributed by atoms with Crippen LogP contribution in [0.25, 0.3) is 5.69 Å². The van der Waals surface area contributed by atoms with Crippen LogP contribution in [0.5, 0.6) is 0 Å². The standard InChI is InChI=1S/C13H18N6O2.ClH/c1-10-16-17-18-19(10)12-5-3-4-11(8-12)15-13(20)9-14-6-7-21-2;/h3-5,8,14H,6-7,9H2,1-2H3,(H,15,20);1H. The van der Waals surface area contributed by atoms with Crippen molar-refractivity contribution in [2.24, 2.45) is 0 Å². The van der Waals surface area contributed by atoms with Crippen LogP contribution in [0, 0.1) is 6.92 Å². The van der Waals surface area contributed by atoms with Gasteiger partial charge in [0.05, 0.1) is 18.8 Å². The summed E-state index contributed by atoms with van der Waals surface area (Å²) in [5, 5.41) is 17.1. The van der Waals surface area contributed by atoms with Crippen LogP contribution < -0.4 is 10.6 Å². The van der Waals surface area contributed by atoms with Crippen molar-refractivity contribution in [2.45, 2.75) is 6.92 Å². The number of hydrogen-bond donors (Lipinski definition) is 2. The van der Waals surface area contributed by atoms with Gasteiger partial charge >= 0.3 is 0 Å². The number of ether oxygens (including phenoxy) is 1. The molecule has 0 aliphatic carbocycles. The summed E-state index contributed by atoms with van der Waals surface area (Å²) in [6, 6.07) is 7.34. The molecule has 0 bridgehead atoms. The van der Waals surface area contributed by atoms with Crippen LogP contribution in [-0.2, 0) is 9.53 Å². The van der Waals surface area contributed by atoms with Gasteiger partial charge in [0.1, 0.15) is 0 Å². The Morgan fingerprint density at radius 3 is 2.91 bits per heavy atom. The predicted molar refractivity (Wildman–Crippen MR) is 84.5 cm³/mol. The van der Waals surface area contributed by atoms with Gasteiger partial charge in [-0.25, -0.2) is 0 Å². The molecule has 2 N–H and O–H groups in total. The highest BCUT2D eigenvalue weighted by molar-refractivity contribution is 5.92. The molecule has 8 nitrogen and oxygen atoms in total. The highest BCUT2D eigenvalue weighted by Gasteiger charge is 2.06. The first-order valence-corrected chi connectivity index (χ1v) is 6.55. The first-order valence-electron chi connectivity index (χ1n) is 6.55. The molecule has 2 aromatic rings. The molecule has 0 aliphatic rings. The Labute approximate surface area is 134 Å². The second-order valence-electron chi connectivity index (χ2n) is 4.41. The summed E-state index contributed by atoms with van der Waals surface area (Å²) >= 11 is 0. The average Bonchev–Trinajstić information content (AvgIpc) is 2.90. The van der Waals surface area contributed by atoms with E-state index >= 15 is 0 Å². The van der Waals surface area contributed by atoms with Crippen LogP contribution in [0.1, 0.15) is 5.82 Å². The highest BCUT2D eigenvalue weighted by atomic mass is 35.5. The minimum atomic E-state index is -0.114. The number of aryl methyl sites for hydroxylation is 1. The fraction of sp³-hybridized carbons (Fsp3) is 0.385. The SMILES string of the molecule is COCCNCC(=O)Nc1cccc(-n2nnnc2C)c1.Cl. The van der Waals surface area contributed by atoms with Gasteiger partial charge in [0.2, 0.25) is 5.91 Å². The molecule has 1 amide bonds. The smallest absolute Gasteiger partial charge is 0.238 e. The maximum Gasteiger partial charge on any atom is 0.238 e. The average molecular weight is 327 g/mol. The van der Waals surface area contributed by atoms with Crippen LogP contribution in [0.3, 0.4) is 0 Å². The number of hydrogen-bond acceptors (Lipinski definition) is 6. The van der Waals surface area contributed by atoms with E-state index in [-0.39, 0.29) is 24.9 Å². The number of anilines is 1. The number of amides is 1. The summed E-state index contributed by atoms with van der Waals surface area (Å²) in [5.74, 6) is 0.566. The van der Waals surface area contributed by atoms with Crippen molar-refractivity contribution in [2.75, 3.05) is 32.1 Å². The van der Waals surface area contributed by atoms with Crippen molar-refractivity contribution < 1.29 is 9.53 Å². The zero-order chi connectivity index (χ0) is 15.1. The summed E-state index contributed by atoms with van der Waals surface area (Å²) in [6.07, 6.45) is 0. The van der Waals surface area contributed by atoms with Crippen molar-refractivity contribution in [1.29, 1.82) is 0 Å². The van der Waals surface area contributed by atoms with Crippen molar-refractivity contribution in [3.63, 3.8) is 0 Å². The third-order valence-corrected chi connectivity index (χ3v) is 2.77. The molecule has 0 saturated carbocycles. The molecule has 0 radical (unpaired) electrons. The van der Waals surface area contributed by atoms with Crippen molar-refractivity contribution in [1.82, 2.24) is 25.5 Å². The van der Waals surface area contributed by atoms with Gasteiger partial charge in [-0.15, -0.1) is 17.5 Å². The molecular formula is C13H19ClN6O2. The van der Waals surface area contributed by atoms with E-state index in [2.05, 4.69) is 26.2 Å². The van der Waals surface area contributed by atoms with E-state index in [1.807, 2.05) is 31.2 Å². The van der Waals surface area contributed by atoms with Gasteiger partial charge < -0.3 is 15.4 Å². The molecule has 0 unspecified atom stereocenters. The Bertz CT molecular complexity index is 604. The molecule has 1 aromatic carbocycles. The van der Waals surface area contributed by atoms with E-state index in [1.165, 1.54) is 0 Å². The first-order chi connectivity index (χ1) is 10.2. The fourth-order valence-electron chi connectivity index (χ4n) is 1.77. The lowest BCUT2D eigenvalue weighted by Crippen LogP contribution is -2.30. The molecule has 120 valence electrons. The predicted octanol–water partition coefficient (Wildman–Crippen LogP) is 0.567. The number of aromatic nitrogens is 4. The Morgan fingerprint density at radius 2 is 2.23 bits per heavy atom. The van der Waals surface area contributed by atoms with Crippen molar-refractivity contribution in [3.8, 4) is 5.69 Å². The molecular weight excluding hydrogens is 308 g/mol. The van der Waals surface area contributed by atoms with Gasteiger partial charge in [-0.3, -0.25) is 4.79 Å². The van der Waals surface area contributed by atoms with Crippen molar-refractivity contribution in [3.05, 3.63) is 30.1 Å². The Morgan fingerprint density at radius 1 is 1.41 bits per heavy atom. The van der Waals surface area contributed by atoms with E-state index in [0.717, 1.165) is 5.69 Å². The summed E-state index contributed by atoms with van der Waals surface area (Å²) in [7, 11) is 1.62. The summed E-state index contributed by atoms with van der Waals surface area (Å²) in [4.78, 5) is 11.8. The number of rotatable bonds is 7. The Balaban J connectivity index is 0.00000242. The van der Waals surface area contributed by atoms with Crippen LogP contribution in [0.2, 0.25) is 0 Å². The molecule has 0 atom stereocenters. The van der Waals surface area contributed by atoms with Crippen LogP contribution in [0.15, 0.2) is 24.3 Å². The number of nitrogens with zero attached hydrogens (tertiary/aromatic N) is 4. The molecule has 0 fully saturated rings. The lowest BCUT2D eigenvalue weighted by Gasteiger charge is -2.08. The number of carbonyl (C=O) groups excluding carboxylic acids is 1. The molecule has 1 aromatic heterocycles. The molecule has 0 saturated heterocycles. The Hall–Kier alpha value is -2.03. The van der Waals surface area contributed by atoms with E-state index in [0.29, 0.717) is 24.7 Å². The maximum atomic E-state index is 11.8. The van der Waals surface area contributed by atoms with Crippen LogP contribution in [-0.4, -0.2) is 52.9 Å². The lowest BCUT2D eigenvalue weighted by molar-refractivity contribution is -0.115. The second-order valence-corrected chi connectivity index (χ2v) is 4.41. The van der Waals surface area contributed by atoms with Gasteiger partial charge in [-0.05, 0) is 35.5 Å². The number of tetrazole rings is 1. The zero-order valence-electron chi connectivity index (χ0n) is 12.4. The quantitative estimate of drug-likeness (QED) is 0.722. The molecule has 22 heavy (non-hydrogen) atoms. The fourth-order valence-corrected chi connectivity index (χ4v) is 1.77. The van der Waals surface area contributed by atoms with Gasteiger partial charge in [0.25, 0.3) is 0 Å². The van der Waals surface area contributed by atoms with Gasteiger partial charge in [-0.2, -0.15) is 4.68 Å². The summed E-state index contributed by atoms with van der Waals surface area (Å²) in [5.41, 5.74) is 1.49. The topological polar surface area (TPSA) is 94.0 Å². The monoisotopic (exact) mass is 326 g/mol. The number of halogens is 1. The maximum absolute atomic E-state index is 11.8. The summed E-state index contributed by atoms with van der Waals surface area (Å²) < 4.78 is 6.50. The largest absolute Gasteiger partial charge is 0.383 e. The summed E-state index contributed by atoms with van der Waals surface area (Å²) in [6.45, 7) is 3.25. The molecule has 9 heteroatoms. The van der Waals surface area contributed by atoms with Gasteiger partial charge in [-0.1, -0.05) is 6.07 Å². The minimum absolute atomic E-state index is 0. The first kappa shape index (κ1) is 18.0. The van der Waals surface area contributed by atoms with Gasteiger partial charge in [0.15, 0.2) is 5.82 Å². The van der Waals surface area contributed by atoms with E-state index in [1.54, 1.807) is 11.8 Å². The minimum Gasteiger partial charge on any atom is -0.383 e. The molecule has 0 aliphatic heterocycles. The Kier molecular flexibility index (Phi) is 7.44. The third-order valence-electron chi connectivity index (χ3n) is 2.77. The molecule has 0 spiro atoms. The van der Waals surface area contributed by atoms with Crippen molar-refractivity contribution >= 4 is 24.0 Å².